The summed E-state index contributed by atoms with van der Waals surface area (Å²) in [5.74, 6) is -0.229. The zero-order valence-corrected chi connectivity index (χ0v) is 12.6. The van der Waals surface area contributed by atoms with Crippen LogP contribution < -0.4 is 5.32 Å². The molecule has 3 rings (SSSR count). The highest BCUT2D eigenvalue weighted by Gasteiger charge is 2.29. The molecule has 116 valence electrons. The first kappa shape index (κ1) is 14.3. The molecule has 1 fully saturated rings. The lowest BCUT2D eigenvalue weighted by molar-refractivity contribution is 0.0780. The second kappa shape index (κ2) is 5.63. The molecule has 2 aromatic rings. The molecule has 0 spiro atoms. The van der Waals surface area contributed by atoms with E-state index in [1.54, 1.807) is 53.0 Å². The van der Waals surface area contributed by atoms with Gasteiger partial charge in [0.05, 0.1) is 17.8 Å². The largest absolute Gasteiger partial charge is 0.355 e. The predicted molar refractivity (Wildman–Crippen MR) is 78.4 cm³/mol. The van der Waals surface area contributed by atoms with Gasteiger partial charge in [-0.2, -0.15) is 10.2 Å². The Balaban J connectivity index is 1.68. The molecule has 0 aromatic carbocycles. The third-order valence-electron chi connectivity index (χ3n) is 3.85. The molecule has 1 atom stereocenters. The Morgan fingerprint density at radius 3 is 2.91 bits per heavy atom. The zero-order valence-electron chi connectivity index (χ0n) is 12.6. The summed E-state index contributed by atoms with van der Waals surface area (Å²) in [5, 5.41) is 10.9. The number of hydrogen-bond acceptors (Lipinski definition) is 4. The Kier molecular flexibility index (Phi) is 3.66. The number of aromatic nitrogens is 4. The highest BCUT2D eigenvalue weighted by atomic mass is 16.2. The van der Waals surface area contributed by atoms with E-state index >= 15 is 0 Å². The van der Waals surface area contributed by atoms with Gasteiger partial charge in [-0.05, 0) is 12.5 Å². The van der Waals surface area contributed by atoms with E-state index in [1.165, 1.54) is 0 Å². The van der Waals surface area contributed by atoms with Crippen molar-refractivity contribution in [2.24, 2.45) is 7.05 Å². The Hall–Kier alpha value is -2.64. The van der Waals surface area contributed by atoms with Gasteiger partial charge in [0, 0.05) is 39.6 Å². The second-order valence-corrected chi connectivity index (χ2v) is 5.36. The van der Waals surface area contributed by atoms with Crippen LogP contribution in [0.1, 0.15) is 33.3 Å². The summed E-state index contributed by atoms with van der Waals surface area (Å²) < 4.78 is 3.38. The number of likely N-dealkylation sites (tertiary alicyclic amines) is 1. The number of amides is 2. The highest BCUT2D eigenvalue weighted by molar-refractivity contribution is 5.93. The molecular formula is C14H18N6O2. The highest BCUT2D eigenvalue weighted by Crippen LogP contribution is 2.22. The molecule has 22 heavy (non-hydrogen) atoms. The van der Waals surface area contributed by atoms with Crippen LogP contribution in [0.2, 0.25) is 0 Å². The van der Waals surface area contributed by atoms with Gasteiger partial charge < -0.3 is 10.2 Å². The van der Waals surface area contributed by atoms with Crippen LogP contribution in [0.4, 0.5) is 0 Å². The number of aryl methyl sites for hydroxylation is 1. The first-order valence-corrected chi connectivity index (χ1v) is 7.13. The van der Waals surface area contributed by atoms with Crippen molar-refractivity contribution in [2.45, 2.75) is 12.5 Å². The van der Waals surface area contributed by atoms with E-state index in [0.717, 1.165) is 6.42 Å². The third-order valence-corrected chi connectivity index (χ3v) is 3.85. The van der Waals surface area contributed by atoms with Crippen LogP contribution in [0.3, 0.4) is 0 Å². The summed E-state index contributed by atoms with van der Waals surface area (Å²) in [6.07, 6.45) is 5.83. The molecular weight excluding hydrogens is 284 g/mol. The molecule has 0 saturated carbocycles. The summed E-state index contributed by atoms with van der Waals surface area (Å²) in [6.45, 7) is 1.24. The van der Waals surface area contributed by atoms with Crippen molar-refractivity contribution >= 4 is 11.8 Å². The zero-order chi connectivity index (χ0) is 15.7. The number of carbonyl (C=O) groups is 2. The maximum Gasteiger partial charge on any atom is 0.274 e. The van der Waals surface area contributed by atoms with E-state index in [0.29, 0.717) is 24.3 Å². The third kappa shape index (κ3) is 2.59. The Morgan fingerprint density at radius 1 is 1.41 bits per heavy atom. The van der Waals surface area contributed by atoms with Gasteiger partial charge >= 0.3 is 0 Å². The molecule has 0 unspecified atom stereocenters. The molecule has 2 aromatic heterocycles. The van der Waals surface area contributed by atoms with Gasteiger partial charge in [0.1, 0.15) is 5.69 Å². The average Bonchev–Trinajstić information content (AvgIpc) is 3.24. The van der Waals surface area contributed by atoms with Crippen LogP contribution in [0.25, 0.3) is 0 Å². The molecule has 3 heterocycles. The maximum absolute atomic E-state index is 12.4. The Morgan fingerprint density at radius 2 is 2.23 bits per heavy atom. The SMILES string of the molecule is CNC(=O)c1cnn([C@@H]2CCN(C(=O)c3ccn(C)n3)C2)c1. The minimum atomic E-state index is -0.161. The lowest BCUT2D eigenvalue weighted by Gasteiger charge is -2.15. The van der Waals surface area contributed by atoms with E-state index in [2.05, 4.69) is 15.5 Å². The van der Waals surface area contributed by atoms with Gasteiger partial charge in [-0.3, -0.25) is 19.0 Å². The second-order valence-electron chi connectivity index (χ2n) is 5.36. The summed E-state index contributed by atoms with van der Waals surface area (Å²) >= 11 is 0. The van der Waals surface area contributed by atoms with Crippen molar-refractivity contribution in [2.75, 3.05) is 20.1 Å². The van der Waals surface area contributed by atoms with Gasteiger partial charge in [0.2, 0.25) is 0 Å². The number of nitrogens with zero attached hydrogens (tertiary/aromatic N) is 5. The van der Waals surface area contributed by atoms with Gasteiger partial charge in [-0.1, -0.05) is 0 Å². The minimum Gasteiger partial charge on any atom is -0.355 e. The quantitative estimate of drug-likeness (QED) is 0.869. The smallest absolute Gasteiger partial charge is 0.274 e. The van der Waals surface area contributed by atoms with Crippen LogP contribution in [0, 0.1) is 0 Å². The topological polar surface area (TPSA) is 85.0 Å². The Bertz CT molecular complexity index is 704. The normalized spacial score (nSPS) is 17.7. The summed E-state index contributed by atoms with van der Waals surface area (Å²) in [5.41, 5.74) is 0.978. The fourth-order valence-electron chi connectivity index (χ4n) is 2.63. The molecule has 1 N–H and O–H groups in total. The van der Waals surface area contributed by atoms with E-state index in [9.17, 15) is 9.59 Å². The van der Waals surface area contributed by atoms with Crippen LogP contribution in [0.5, 0.6) is 0 Å². The van der Waals surface area contributed by atoms with E-state index < -0.39 is 0 Å². The van der Waals surface area contributed by atoms with Crippen molar-refractivity contribution in [1.82, 2.24) is 29.8 Å². The first-order chi connectivity index (χ1) is 10.6. The summed E-state index contributed by atoms with van der Waals surface area (Å²) in [6, 6.07) is 1.80. The average molecular weight is 302 g/mol. The fourth-order valence-corrected chi connectivity index (χ4v) is 2.63. The summed E-state index contributed by atoms with van der Waals surface area (Å²) in [7, 11) is 3.37. The minimum absolute atomic E-state index is 0.0678. The van der Waals surface area contributed by atoms with Crippen molar-refractivity contribution < 1.29 is 9.59 Å². The van der Waals surface area contributed by atoms with Gasteiger partial charge in [0.25, 0.3) is 11.8 Å². The van der Waals surface area contributed by atoms with Crippen LogP contribution in [-0.2, 0) is 7.05 Å². The number of carbonyl (C=O) groups excluding carboxylic acids is 2. The van der Waals surface area contributed by atoms with Crippen molar-refractivity contribution in [3.63, 3.8) is 0 Å². The standard InChI is InChI=1S/C14H18N6O2/c1-15-13(21)10-7-16-20(8-10)11-3-6-19(9-11)14(22)12-4-5-18(2)17-12/h4-5,7-8,11H,3,6,9H2,1-2H3,(H,15,21)/t11-/m1/s1. The number of rotatable bonds is 3. The van der Waals surface area contributed by atoms with Crippen molar-refractivity contribution in [1.29, 1.82) is 0 Å². The molecule has 2 amide bonds. The van der Waals surface area contributed by atoms with Gasteiger partial charge in [-0.25, -0.2) is 0 Å². The molecule has 1 aliphatic heterocycles. The van der Waals surface area contributed by atoms with Crippen LogP contribution >= 0.6 is 0 Å². The Labute approximate surface area is 127 Å². The van der Waals surface area contributed by atoms with Gasteiger partial charge in [0.15, 0.2) is 0 Å². The first-order valence-electron chi connectivity index (χ1n) is 7.13. The number of nitrogens with one attached hydrogen (secondary N) is 1. The molecule has 8 heteroatoms. The molecule has 8 nitrogen and oxygen atoms in total. The summed E-state index contributed by atoms with van der Waals surface area (Å²) in [4.78, 5) is 25.7. The molecule has 0 bridgehead atoms. The molecule has 1 saturated heterocycles. The van der Waals surface area contributed by atoms with Crippen LogP contribution in [-0.4, -0.2) is 56.4 Å². The van der Waals surface area contributed by atoms with E-state index in [1.807, 2.05) is 0 Å². The maximum atomic E-state index is 12.4. The predicted octanol–water partition coefficient (Wildman–Crippen LogP) is 0.0634. The molecule has 0 aliphatic carbocycles. The van der Waals surface area contributed by atoms with E-state index in [4.69, 9.17) is 0 Å². The molecule has 0 radical (unpaired) electrons. The molecule has 1 aliphatic rings. The lowest BCUT2D eigenvalue weighted by Crippen LogP contribution is -2.29. The van der Waals surface area contributed by atoms with Crippen molar-refractivity contribution in [3.8, 4) is 0 Å². The lowest BCUT2D eigenvalue weighted by atomic mass is 10.2. The van der Waals surface area contributed by atoms with E-state index in [-0.39, 0.29) is 17.9 Å². The monoisotopic (exact) mass is 302 g/mol. The fraction of sp³-hybridized carbons (Fsp3) is 0.429. The van der Waals surface area contributed by atoms with Gasteiger partial charge in [-0.15, -0.1) is 0 Å². The van der Waals surface area contributed by atoms with Crippen molar-refractivity contribution in [3.05, 3.63) is 35.9 Å². The number of hydrogen-bond donors (Lipinski definition) is 1. The van der Waals surface area contributed by atoms with Crippen LogP contribution in [0.15, 0.2) is 24.7 Å².